The van der Waals surface area contributed by atoms with Crippen LogP contribution in [-0.4, -0.2) is 19.0 Å². The van der Waals surface area contributed by atoms with Crippen LogP contribution >= 0.6 is 0 Å². The van der Waals surface area contributed by atoms with Crippen molar-refractivity contribution in [2.24, 2.45) is 0 Å². The van der Waals surface area contributed by atoms with E-state index in [9.17, 15) is 4.79 Å². The minimum Gasteiger partial charge on any atom is -0.359 e. The van der Waals surface area contributed by atoms with Gasteiger partial charge in [-0.2, -0.15) is 0 Å². The van der Waals surface area contributed by atoms with Gasteiger partial charge in [0.1, 0.15) is 6.04 Å². The number of hydrogen-bond donors (Lipinski definition) is 1. The average Bonchev–Trinajstić information content (AvgIpc) is 2.65. The van der Waals surface area contributed by atoms with Crippen molar-refractivity contribution in [2.75, 3.05) is 11.9 Å². The summed E-state index contributed by atoms with van der Waals surface area (Å²) in [5.74, 6) is 0.0992. The Labute approximate surface area is 151 Å². The molecule has 0 radical (unpaired) electrons. The fourth-order valence-corrected chi connectivity index (χ4v) is 3.64. The zero-order valence-electron chi connectivity index (χ0n) is 15.2. The van der Waals surface area contributed by atoms with Gasteiger partial charge in [0.05, 0.1) is 0 Å². The Morgan fingerprint density at radius 3 is 2.28 bits per heavy atom. The lowest BCUT2D eigenvalue weighted by atomic mass is 9.94. The van der Waals surface area contributed by atoms with Gasteiger partial charge in [-0.1, -0.05) is 67.3 Å². The fraction of sp³-hybridized carbons (Fsp3) is 0.409. The Morgan fingerprint density at radius 2 is 1.64 bits per heavy atom. The molecule has 3 rings (SSSR count). The molecule has 1 fully saturated rings. The Balaban J connectivity index is 1.85. The molecule has 1 amide bonds. The highest BCUT2D eigenvalue weighted by molar-refractivity contribution is 5.86. The third-order valence-electron chi connectivity index (χ3n) is 5.14. The van der Waals surface area contributed by atoms with Crippen molar-refractivity contribution in [1.29, 1.82) is 0 Å². The van der Waals surface area contributed by atoms with Crippen molar-refractivity contribution in [3.8, 4) is 0 Å². The number of amides is 1. The van der Waals surface area contributed by atoms with Gasteiger partial charge < -0.3 is 10.2 Å². The number of hydrogen-bond acceptors (Lipinski definition) is 2. The summed E-state index contributed by atoms with van der Waals surface area (Å²) < 4.78 is 0. The van der Waals surface area contributed by atoms with E-state index in [2.05, 4.69) is 53.5 Å². The molecular formula is C22H28N2O. The van der Waals surface area contributed by atoms with E-state index >= 15 is 0 Å². The minimum absolute atomic E-state index is 0.0992. The Morgan fingerprint density at radius 1 is 1.00 bits per heavy atom. The molecule has 1 N–H and O–H groups in total. The topological polar surface area (TPSA) is 32.3 Å². The molecule has 0 saturated heterocycles. The van der Waals surface area contributed by atoms with Gasteiger partial charge in [-0.25, -0.2) is 0 Å². The Bertz CT molecular complexity index is 675. The largest absolute Gasteiger partial charge is 0.359 e. The smallest absolute Gasteiger partial charge is 0.247 e. The Kier molecular flexibility index (Phi) is 5.75. The quantitative estimate of drug-likeness (QED) is 0.864. The molecule has 2 aromatic carbocycles. The number of carbonyl (C=O) groups is 1. The second-order valence-electron chi connectivity index (χ2n) is 7.10. The lowest BCUT2D eigenvalue weighted by Crippen LogP contribution is -2.44. The number of rotatable bonds is 5. The third kappa shape index (κ3) is 4.41. The molecule has 1 saturated carbocycles. The van der Waals surface area contributed by atoms with Gasteiger partial charge in [0.2, 0.25) is 5.91 Å². The maximum Gasteiger partial charge on any atom is 0.247 e. The molecule has 0 aromatic heterocycles. The maximum atomic E-state index is 13.2. The predicted octanol–water partition coefficient (Wildman–Crippen LogP) is 4.62. The van der Waals surface area contributed by atoms with Gasteiger partial charge in [0.25, 0.3) is 0 Å². The number of nitrogens with one attached hydrogen (secondary N) is 1. The fourth-order valence-electron chi connectivity index (χ4n) is 3.64. The number of anilines is 1. The number of nitrogens with zero attached hydrogens (tertiary/aromatic N) is 1. The van der Waals surface area contributed by atoms with Gasteiger partial charge in [-0.3, -0.25) is 4.79 Å². The molecule has 2 aromatic rings. The number of benzene rings is 2. The highest BCUT2D eigenvalue weighted by Gasteiger charge is 2.27. The first-order chi connectivity index (χ1) is 12.1. The molecule has 25 heavy (non-hydrogen) atoms. The molecule has 1 atom stereocenters. The lowest BCUT2D eigenvalue weighted by molar-refractivity contribution is -0.123. The van der Waals surface area contributed by atoms with Crippen LogP contribution in [0.3, 0.4) is 0 Å². The molecule has 3 nitrogen and oxygen atoms in total. The van der Waals surface area contributed by atoms with Crippen molar-refractivity contribution in [2.45, 2.75) is 51.1 Å². The molecule has 132 valence electrons. The van der Waals surface area contributed by atoms with Crippen molar-refractivity contribution >= 4 is 11.6 Å². The van der Waals surface area contributed by atoms with E-state index in [4.69, 9.17) is 0 Å². The average molecular weight is 336 g/mol. The number of carbonyl (C=O) groups excluding carboxylic acids is 1. The molecule has 0 bridgehead atoms. The standard InChI is InChI=1S/C22H28N2O/c1-17-13-15-18(16-14-17)21(24(2)20-11-7-4-8-12-20)22(25)23-19-9-5-3-6-10-19/h4,7-8,11-16,19,21H,3,5-6,9-10H2,1-2H3,(H,23,25). The Hall–Kier alpha value is -2.29. The second kappa shape index (κ2) is 8.19. The van der Waals surface area contributed by atoms with Gasteiger partial charge in [-0.15, -0.1) is 0 Å². The van der Waals surface area contributed by atoms with E-state index in [-0.39, 0.29) is 11.9 Å². The van der Waals surface area contributed by atoms with Crippen LogP contribution in [0.2, 0.25) is 0 Å². The summed E-state index contributed by atoms with van der Waals surface area (Å²) >= 11 is 0. The summed E-state index contributed by atoms with van der Waals surface area (Å²) in [5.41, 5.74) is 3.29. The van der Waals surface area contributed by atoms with E-state index in [1.54, 1.807) is 0 Å². The van der Waals surface area contributed by atoms with Gasteiger partial charge in [0.15, 0.2) is 0 Å². The van der Waals surface area contributed by atoms with Crippen molar-refractivity contribution < 1.29 is 4.79 Å². The normalized spacial score (nSPS) is 16.2. The minimum atomic E-state index is -0.315. The molecule has 0 spiro atoms. The van der Waals surface area contributed by atoms with E-state index in [0.29, 0.717) is 6.04 Å². The van der Waals surface area contributed by atoms with Gasteiger partial charge >= 0.3 is 0 Å². The lowest BCUT2D eigenvalue weighted by Gasteiger charge is -2.32. The zero-order chi connectivity index (χ0) is 17.6. The van der Waals surface area contributed by atoms with Crippen LogP contribution < -0.4 is 10.2 Å². The van der Waals surface area contributed by atoms with Crippen LogP contribution in [-0.2, 0) is 4.79 Å². The summed E-state index contributed by atoms with van der Waals surface area (Å²) in [4.78, 5) is 15.2. The van der Waals surface area contributed by atoms with Crippen LogP contribution in [0.25, 0.3) is 0 Å². The molecule has 1 unspecified atom stereocenters. The van der Waals surface area contributed by atoms with Crippen molar-refractivity contribution in [3.05, 3.63) is 65.7 Å². The molecule has 3 heteroatoms. The van der Waals surface area contributed by atoms with Crippen LogP contribution in [0, 0.1) is 6.92 Å². The molecular weight excluding hydrogens is 308 g/mol. The van der Waals surface area contributed by atoms with Gasteiger partial charge in [-0.05, 0) is 37.5 Å². The first-order valence-electron chi connectivity index (χ1n) is 9.30. The summed E-state index contributed by atoms with van der Waals surface area (Å²) in [6.45, 7) is 2.07. The maximum absolute atomic E-state index is 13.2. The predicted molar refractivity (Wildman–Crippen MR) is 104 cm³/mol. The molecule has 1 aliphatic carbocycles. The number of aryl methyl sites for hydroxylation is 1. The molecule has 1 aliphatic rings. The van der Waals surface area contributed by atoms with Crippen LogP contribution in [0.1, 0.15) is 49.3 Å². The van der Waals surface area contributed by atoms with Crippen molar-refractivity contribution in [3.63, 3.8) is 0 Å². The molecule has 0 aliphatic heterocycles. The SMILES string of the molecule is Cc1ccc(C(C(=O)NC2CCCCC2)N(C)c2ccccc2)cc1. The number of para-hydroxylation sites is 1. The zero-order valence-corrected chi connectivity index (χ0v) is 15.2. The van der Waals surface area contributed by atoms with Crippen LogP contribution in [0.4, 0.5) is 5.69 Å². The monoisotopic (exact) mass is 336 g/mol. The first-order valence-corrected chi connectivity index (χ1v) is 9.30. The van der Waals surface area contributed by atoms with E-state index < -0.39 is 0 Å². The molecule has 0 heterocycles. The summed E-state index contributed by atoms with van der Waals surface area (Å²) in [6.07, 6.45) is 5.92. The third-order valence-corrected chi connectivity index (χ3v) is 5.14. The number of likely N-dealkylation sites (N-methyl/N-ethyl adjacent to an activating group) is 1. The van der Waals surface area contributed by atoms with E-state index in [0.717, 1.165) is 24.1 Å². The summed E-state index contributed by atoms with van der Waals surface area (Å²) in [6, 6.07) is 18.4. The van der Waals surface area contributed by atoms with Crippen LogP contribution in [0.15, 0.2) is 54.6 Å². The van der Waals surface area contributed by atoms with E-state index in [1.165, 1.54) is 24.8 Å². The highest BCUT2D eigenvalue weighted by Crippen LogP contribution is 2.27. The van der Waals surface area contributed by atoms with Crippen LogP contribution in [0.5, 0.6) is 0 Å². The van der Waals surface area contributed by atoms with Gasteiger partial charge in [0, 0.05) is 18.8 Å². The van der Waals surface area contributed by atoms with E-state index in [1.807, 2.05) is 25.2 Å². The summed E-state index contributed by atoms with van der Waals surface area (Å²) in [5, 5.41) is 3.30. The highest BCUT2D eigenvalue weighted by atomic mass is 16.2. The first kappa shape index (κ1) is 17.5. The van der Waals surface area contributed by atoms with Crippen molar-refractivity contribution in [1.82, 2.24) is 5.32 Å². The summed E-state index contributed by atoms with van der Waals surface area (Å²) in [7, 11) is 2.00. The second-order valence-corrected chi connectivity index (χ2v) is 7.10.